The Balaban J connectivity index is 1.34. The highest BCUT2D eigenvalue weighted by Crippen LogP contribution is 2.32. The average molecular weight is 474 g/mol. The lowest BCUT2D eigenvalue weighted by Crippen LogP contribution is -2.35. The summed E-state index contributed by atoms with van der Waals surface area (Å²) in [7, 11) is -3.82. The molecule has 5 rings (SSSR count). The van der Waals surface area contributed by atoms with Crippen molar-refractivity contribution in [3.8, 4) is 0 Å². The molecule has 172 valence electrons. The Morgan fingerprint density at radius 1 is 0.971 bits per heavy atom. The molecular weight excluding hydrogens is 450 g/mol. The number of aromatic nitrogens is 3. The second-order valence-electron chi connectivity index (χ2n) is 8.04. The summed E-state index contributed by atoms with van der Waals surface area (Å²) in [6.45, 7) is 0.924. The minimum atomic E-state index is -3.82. The van der Waals surface area contributed by atoms with Crippen LogP contribution in [0.25, 0.3) is 0 Å². The number of benzene rings is 3. The largest absolute Gasteiger partial charge is 0.289 e. The van der Waals surface area contributed by atoms with E-state index in [1.807, 2.05) is 54.6 Å². The van der Waals surface area contributed by atoms with Crippen molar-refractivity contribution in [3.05, 3.63) is 102 Å². The van der Waals surface area contributed by atoms with Gasteiger partial charge in [0.05, 0.1) is 17.1 Å². The van der Waals surface area contributed by atoms with Crippen LogP contribution < -0.4 is 9.62 Å². The van der Waals surface area contributed by atoms with Crippen LogP contribution in [-0.2, 0) is 23.0 Å². The zero-order valence-electron chi connectivity index (χ0n) is 18.3. The number of nitrogens with one attached hydrogen (secondary N) is 1. The van der Waals surface area contributed by atoms with Gasteiger partial charge in [-0.3, -0.25) is 14.4 Å². The maximum absolute atomic E-state index is 13.4. The summed E-state index contributed by atoms with van der Waals surface area (Å²) in [6, 6.07) is 23.3. The van der Waals surface area contributed by atoms with Crippen LogP contribution >= 0.6 is 0 Å². The number of sulfonamides is 1. The predicted octanol–water partition coefficient (Wildman–Crippen LogP) is 3.72. The van der Waals surface area contributed by atoms with Crippen molar-refractivity contribution in [1.82, 2.24) is 14.8 Å². The molecule has 0 fully saturated rings. The van der Waals surface area contributed by atoms with Gasteiger partial charge in [-0.15, -0.1) is 5.10 Å². The second-order valence-corrected chi connectivity index (χ2v) is 9.91. The van der Waals surface area contributed by atoms with Crippen LogP contribution in [0.15, 0.2) is 90.1 Å². The molecule has 1 amide bonds. The molecule has 0 radical (unpaired) electrons. The molecule has 2 heterocycles. The Kier molecular flexibility index (Phi) is 5.85. The third kappa shape index (κ3) is 4.42. The number of hydrogen-bond acceptors (Lipinski definition) is 5. The summed E-state index contributed by atoms with van der Waals surface area (Å²) < 4.78 is 29.9. The lowest BCUT2D eigenvalue weighted by Gasteiger charge is -2.30. The Hall–Kier alpha value is -3.98. The smallest absolute Gasteiger partial charge is 0.264 e. The van der Waals surface area contributed by atoms with Gasteiger partial charge in [0.2, 0.25) is 5.95 Å². The molecule has 34 heavy (non-hydrogen) atoms. The summed E-state index contributed by atoms with van der Waals surface area (Å²) in [6.07, 6.45) is 3.12. The number of rotatable bonds is 6. The molecule has 1 aliphatic heterocycles. The van der Waals surface area contributed by atoms with E-state index in [1.54, 1.807) is 16.8 Å². The van der Waals surface area contributed by atoms with E-state index in [4.69, 9.17) is 0 Å². The van der Waals surface area contributed by atoms with Crippen molar-refractivity contribution in [2.75, 3.05) is 16.2 Å². The molecule has 0 saturated heterocycles. The SMILES string of the molecule is O=C(Nc1ncn(Cc2ccccc2)n1)c1cccc(S(=O)(=O)N2CCCc3ccccc32)c1. The van der Waals surface area contributed by atoms with Crippen LogP contribution in [0.2, 0.25) is 0 Å². The van der Waals surface area contributed by atoms with Gasteiger partial charge in [-0.2, -0.15) is 0 Å². The molecule has 1 aliphatic rings. The van der Waals surface area contributed by atoms with E-state index >= 15 is 0 Å². The van der Waals surface area contributed by atoms with Crippen LogP contribution in [0.1, 0.15) is 27.9 Å². The van der Waals surface area contributed by atoms with Crippen LogP contribution in [0, 0.1) is 0 Å². The summed E-state index contributed by atoms with van der Waals surface area (Å²) in [5.41, 5.74) is 2.97. The molecule has 0 saturated carbocycles. The monoisotopic (exact) mass is 473 g/mol. The number of anilines is 2. The van der Waals surface area contributed by atoms with Gasteiger partial charge >= 0.3 is 0 Å². The minimum absolute atomic E-state index is 0.0689. The molecule has 1 aromatic heterocycles. The van der Waals surface area contributed by atoms with Gasteiger partial charge < -0.3 is 0 Å². The molecule has 9 heteroatoms. The summed E-state index contributed by atoms with van der Waals surface area (Å²) in [4.78, 5) is 17.0. The van der Waals surface area contributed by atoms with E-state index in [1.165, 1.54) is 22.8 Å². The number of amides is 1. The summed E-state index contributed by atoms with van der Waals surface area (Å²) in [5.74, 6) is -0.326. The first kappa shape index (κ1) is 21.8. The van der Waals surface area contributed by atoms with Gasteiger partial charge in [-0.25, -0.2) is 18.1 Å². The van der Waals surface area contributed by atoms with Crippen molar-refractivity contribution >= 4 is 27.6 Å². The van der Waals surface area contributed by atoms with Crippen LogP contribution in [0.5, 0.6) is 0 Å². The number of para-hydroxylation sites is 1. The molecule has 0 spiro atoms. The van der Waals surface area contributed by atoms with Gasteiger partial charge in [-0.05, 0) is 48.2 Å². The van der Waals surface area contributed by atoms with Gasteiger partial charge in [0.25, 0.3) is 15.9 Å². The van der Waals surface area contributed by atoms with E-state index in [9.17, 15) is 13.2 Å². The average Bonchev–Trinajstić information content (AvgIpc) is 3.30. The first-order valence-electron chi connectivity index (χ1n) is 11.0. The number of carbonyl (C=O) groups is 1. The van der Waals surface area contributed by atoms with Crippen molar-refractivity contribution in [3.63, 3.8) is 0 Å². The Labute approximate surface area is 197 Å². The zero-order valence-corrected chi connectivity index (χ0v) is 19.1. The lowest BCUT2D eigenvalue weighted by atomic mass is 10.0. The van der Waals surface area contributed by atoms with Gasteiger partial charge in [0.1, 0.15) is 6.33 Å². The lowest BCUT2D eigenvalue weighted by molar-refractivity contribution is 0.102. The number of fused-ring (bicyclic) bond motifs is 1. The van der Waals surface area contributed by atoms with Crippen molar-refractivity contribution in [2.24, 2.45) is 0 Å². The molecule has 4 aromatic rings. The third-order valence-corrected chi connectivity index (χ3v) is 7.51. The van der Waals surface area contributed by atoms with Gasteiger partial charge in [-0.1, -0.05) is 54.6 Å². The summed E-state index contributed by atoms with van der Waals surface area (Å²) in [5, 5.41) is 6.94. The van der Waals surface area contributed by atoms with E-state index in [2.05, 4.69) is 15.4 Å². The van der Waals surface area contributed by atoms with Crippen molar-refractivity contribution in [1.29, 1.82) is 0 Å². The summed E-state index contributed by atoms with van der Waals surface area (Å²) >= 11 is 0. The normalized spacial score (nSPS) is 13.4. The quantitative estimate of drug-likeness (QED) is 0.460. The molecule has 1 N–H and O–H groups in total. The van der Waals surface area contributed by atoms with Crippen LogP contribution in [0.3, 0.4) is 0 Å². The number of carbonyl (C=O) groups excluding carboxylic acids is 1. The van der Waals surface area contributed by atoms with E-state index < -0.39 is 15.9 Å². The molecule has 0 atom stereocenters. The Bertz CT molecular complexity index is 1430. The zero-order chi connectivity index (χ0) is 23.5. The first-order chi connectivity index (χ1) is 16.5. The third-order valence-electron chi connectivity index (χ3n) is 5.70. The maximum Gasteiger partial charge on any atom is 0.264 e. The highest BCUT2D eigenvalue weighted by Gasteiger charge is 2.29. The minimum Gasteiger partial charge on any atom is -0.289 e. The van der Waals surface area contributed by atoms with Gasteiger partial charge in [0.15, 0.2) is 0 Å². The fraction of sp³-hybridized carbons (Fsp3) is 0.160. The van der Waals surface area contributed by atoms with Crippen LogP contribution in [0.4, 0.5) is 11.6 Å². The van der Waals surface area contributed by atoms with E-state index in [0.717, 1.165) is 24.0 Å². The topological polar surface area (TPSA) is 97.2 Å². The number of aryl methyl sites for hydroxylation is 1. The number of hydrogen-bond donors (Lipinski definition) is 1. The van der Waals surface area contributed by atoms with E-state index in [-0.39, 0.29) is 16.4 Å². The van der Waals surface area contributed by atoms with Crippen molar-refractivity contribution < 1.29 is 13.2 Å². The molecular formula is C25H23N5O3S. The highest BCUT2D eigenvalue weighted by molar-refractivity contribution is 7.92. The standard InChI is InChI=1S/C25H23N5O3S/c31-24(27-25-26-18-29(28-25)17-19-8-2-1-3-9-19)21-11-6-13-22(16-21)34(32,33)30-15-7-12-20-10-4-5-14-23(20)30/h1-6,8-11,13-14,16,18H,7,12,15,17H2,(H,27,28,31). The maximum atomic E-state index is 13.4. The van der Waals surface area contributed by atoms with Gasteiger partial charge in [0, 0.05) is 12.1 Å². The predicted molar refractivity (Wildman–Crippen MR) is 129 cm³/mol. The highest BCUT2D eigenvalue weighted by atomic mass is 32.2. The molecule has 8 nitrogen and oxygen atoms in total. The molecule has 3 aromatic carbocycles. The fourth-order valence-electron chi connectivity index (χ4n) is 4.05. The molecule has 0 bridgehead atoms. The first-order valence-corrected chi connectivity index (χ1v) is 12.4. The van der Waals surface area contributed by atoms with Crippen molar-refractivity contribution in [2.45, 2.75) is 24.3 Å². The molecule has 0 unspecified atom stereocenters. The number of nitrogens with zero attached hydrogens (tertiary/aromatic N) is 4. The Morgan fingerprint density at radius 3 is 2.62 bits per heavy atom. The fourth-order valence-corrected chi connectivity index (χ4v) is 5.63. The second kappa shape index (κ2) is 9.11. The Morgan fingerprint density at radius 2 is 1.76 bits per heavy atom. The van der Waals surface area contributed by atoms with Crippen LogP contribution in [-0.4, -0.2) is 35.6 Å². The molecule has 0 aliphatic carbocycles. The van der Waals surface area contributed by atoms with E-state index in [0.29, 0.717) is 18.8 Å².